The maximum Gasteiger partial charge on any atom is 0.339 e. The molecule has 0 saturated heterocycles. The first-order valence-corrected chi connectivity index (χ1v) is 7.61. The Kier molecular flexibility index (Phi) is 6.47. The third-order valence-electron chi connectivity index (χ3n) is 3.49. The lowest BCUT2D eigenvalue weighted by Crippen LogP contribution is -2.28. The molecular formula is C18H20N2O5. The lowest BCUT2D eigenvalue weighted by atomic mass is 10.1. The summed E-state index contributed by atoms with van der Waals surface area (Å²) in [6.45, 7) is 0.758. The van der Waals surface area contributed by atoms with Crippen LogP contribution in [0.5, 0.6) is 5.88 Å². The van der Waals surface area contributed by atoms with Gasteiger partial charge in [-0.05, 0) is 18.2 Å². The van der Waals surface area contributed by atoms with Crippen molar-refractivity contribution >= 4 is 17.6 Å². The summed E-state index contributed by atoms with van der Waals surface area (Å²) in [5, 5.41) is 0. The fourth-order valence-electron chi connectivity index (χ4n) is 2.20. The van der Waals surface area contributed by atoms with E-state index in [-0.39, 0.29) is 5.91 Å². The Balaban J connectivity index is 2.23. The van der Waals surface area contributed by atoms with E-state index in [2.05, 4.69) is 4.98 Å². The second kappa shape index (κ2) is 8.79. The Hall–Kier alpha value is -2.93. The molecule has 1 heterocycles. The van der Waals surface area contributed by atoms with Gasteiger partial charge in [0.25, 0.3) is 5.91 Å². The van der Waals surface area contributed by atoms with Gasteiger partial charge in [0.05, 0.1) is 25.0 Å². The number of hydrogen-bond acceptors (Lipinski definition) is 6. The molecule has 7 nitrogen and oxygen atoms in total. The van der Waals surface area contributed by atoms with Crippen LogP contribution in [0.1, 0.15) is 20.7 Å². The topological polar surface area (TPSA) is 78.0 Å². The number of anilines is 1. The fourth-order valence-corrected chi connectivity index (χ4v) is 2.20. The van der Waals surface area contributed by atoms with E-state index in [0.29, 0.717) is 35.9 Å². The molecule has 0 bridgehead atoms. The van der Waals surface area contributed by atoms with Gasteiger partial charge in [-0.3, -0.25) is 4.79 Å². The SMILES string of the molecule is COCCOc1cc(C(=O)N(C)c2ccccc2C(=O)OC)ccn1. The first-order chi connectivity index (χ1) is 12.1. The van der Waals surface area contributed by atoms with E-state index in [1.807, 2.05) is 0 Å². The van der Waals surface area contributed by atoms with Gasteiger partial charge in [-0.15, -0.1) is 0 Å². The molecule has 0 aliphatic carbocycles. The first-order valence-electron chi connectivity index (χ1n) is 7.61. The van der Waals surface area contributed by atoms with Crippen molar-refractivity contribution in [3.63, 3.8) is 0 Å². The van der Waals surface area contributed by atoms with E-state index in [0.717, 1.165) is 0 Å². The van der Waals surface area contributed by atoms with E-state index in [4.69, 9.17) is 14.2 Å². The quantitative estimate of drug-likeness (QED) is 0.566. The van der Waals surface area contributed by atoms with E-state index in [9.17, 15) is 9.59 Å². The Morgan fingerprint density at radius 1 is 1.12 bits per heavy atom. The molecule has 2 aromatic rings. The van der Waals surface area contributed by atoms with Crippen molar-refractivity contribution in [2.75, 3.05) is 39.4 Å². The molecule has 1 aromatic heterocycles. The van der Waals surface area contributed by atoms with Crippen LogP contribution < -0.4 is 9.64 Å². The summed E-state index contributed by atoms with van der Waals surface area (Å²) in [7, 11) is 4.47. The van der Waals surface area contributed by atoms with Crippen LogP contribution in [0.2, 0.25) is 0 Å². The number of rotatable bonds is 7. The lowest BCUT2D eigenvalue weighted by molar-refractivity contribution is 0.0601. The van der Waals surface area contributed by atoms with Crippen molar-refractivity contribution in [2.24, 2.45) is 0 Å². The van der Waals surface area contributed by atoms with Gasteiger partial charge in [0.15, 0.2) is 0 Å². The van der Waals surface area contributed by atoms with Crippen LogP contribution in [0.15, 0.2) is 42.6 Å². The summed E-state index contributed by atoms with van der Waals surface area (Å²) in [6, 6.07) is 9.88. The van der Waals surface area contributed by atoms with Gasteiger partial charge < -0.3 is 19.1 Å². The van der Waals surface area contributed by atoms with Crippen LogP contribution >= 0.6 is 0 Å². The molecule has 0 aliphatic heterocycles. The second-order valence-electron chi connectivity index (χ2n) is 5.10. The lowest BCUT2D eigenvalue weighted by Gasteiger charge is -2.20. The standard InChI is InChI=1S/C18H20N2O5/c1-20(15-7-5-4-6-14(15)18(22)24-3)17(21)13-8-9-19-16(12-13)25-11-10-23-2/h4-9,12H,10-11H2,1-3H3. The average molecular weight is 344 g/mol. The molecule has 7 heteroatoms. The normalized spacial score (nSPS) is 10.2. The number of methoxy groups -OCH3 is 2. The van der Waals surface area contributed by atoms with Gasteiger partial charge in [-0.1, -0.05) is 12.1 Å². The van der Waals surface area contributed by atoms with Gasteiger partial charge in [0.1, 0.15) is 6.61 Å². The van der Waals surface area contributed by atoms with Crippen molar-refractivity contribution in [1.82, 2.24) is 4.98 Å². The van der Waals surface area contributed by atoms with Crippen molar-refractivity contribution < 1.29 is 23.8 Å². The minimum Gasteiger partial charge on any atom is -0.475 e. The predicted octanol–water partition coefficient (Wildman–Crippen LogP) is 2.17. The average Bonchev–Trinajstić information content (AvgIpc) is 2.66. The zero-order chi connectivity index (χ0) is 18.2. The molecule has 25 heavy (non-hydrogen) atoms. The Morgan fingerprint density at radius 3 is 2.60 bits per heavy atom. The summed E-state index contributed by atoms with van der Waals surface area (Å²) < 4.78 is 15.1. The number of nitrogens with zero attached hydrogens (tertiary/aromatic N) is 2. The first kappa shape index (κ1) is 18.4. The number of para-hydroxylation sites is 1. The summed E-state index contributed by atoms with van der Waals surface area (Å²) in [4.78, 5) is 30.1. The minimum absolute atomic E-state index is 0.296. The largest absolute Gasteiger partial charge is 0.475 e. The molecule has 132 valence electrons. The second-order valence-corrected chi connectivity index (χ2v) is 5.10. The zero-order valence-corrected chi connectivity index (χ0v) is 14.4. The van der Waals surface area contributed by atoms with Gasteiger partial charge >= 0.3 is 5.97 Å². The van der Waals surface area contributed by atoms with Crippen LogP contribution in [0, 0.1) is 0 Å². The number of pyridine rings is 1. The van der Waals surface area contributed by atoms with Gasteiger partial charge in [0.2, 0.25) is 5.88 Å². The molecule has 0 N–H and O–H groups in total. The number of amides is 1. The summed E-state index contributed by atoms with van der Waals surface area (Å²) in [5.74, 6) is -0.471. The molecule has 0 fully saturated rings. The number of hydrogen-bond donors (Lipinski definition) is 0. The number of esters is 1. The zero-order valence-electron chi connectivity index (χ0n) is 14.4. The Morgan fingerprint density at radius 2 is 1.88 bits per heavy atom. The highest BCUT2D eigenvalue weighted by molar-refractivity contribution is 6.09. The third kappa shape index (κ3) is 4.54. The molecule has 2 rings (SSSR count). The van der Waals surface area contributed by atoms with Gasteiger partial charge in [-0.25, -0.2) is 9.78 Å². The van der Waals surface area contributed by atoms with Crippen molar-refractivity contribution in [3.05, 3.63) is 53.7 Å². The molecule has 1 aromatic carbocycles. The van der Waals surface area contributed by atoms with Gasteiger partial charge in [0, 0.05) is 32.0 Å². The van der Waals surface area contributed by atoms with Crippen molar-refractivity contribution in [3.8, 4) is 5.88 Å². The maximum absolute atomic E-state index is 12.8. The van der Waals surface area contributed by atoms with Crippen LogP contribution in [0.3, 0.4) is 0 Å². The number of carbonyl (C=O) groups is 2. The molecule has 0 unspecified atom stereocenters. The molecule has 0 spiro atoms. The smallest absolute Gasteiger partial charge is 0.339 e. The molecule has 1 amide bonds. The Labute approximate surface area is 146 Å². The minimum atomic E-state index is -0.506. The van der Waals surface area contributed by atoms with Gasteiger partial charge in [-0.2, -0.15) is 0 Å². The number of carbonyl (C=O) groups excluding carboxylic acids is 2. The van der Waals surface area contributed by atoms with Crippen LogP contribution in [0.25, 0.3) is 0 Å². The number of aromatic nitrogens is 1. The fraction of sp³-hybridized carbons (Fsp3) is 0.278. The molecule has 0 radical (unpaired) electrons. The van der Waals surface area contributed by atoms with E-state index < -0.39 is 5.97 Å². The predicted molar refractivity (Wildman–Crippen MR) is 92.1 cm³/mol. The van der Waals surface area contributed by atoms with E-state index in [1.165, 1.54) is 18.2 Å². The molecular weight excluding hydrogens is 324 g/mol. The molecule has 0 atom stereocenters. The highest BCUT2D eigenvalue weighted by atomic mass is 16.5. The number of benzene rings is 1. The van der Waals surface area contributed by atoms with Crippen LogP contribution in [-0.4, -0.2) is 51.3 Å². The third-order valence-corrected chi connectivity index (χ3v) is 3.49. The van der Waals surface area contributed by atoms with Crippen LogP contribution in [0.4, 0.5) is 5.69 Å². The molecule has 0 saturated carbocycles. The molecule has 0 aliphatic rings. The highest BCUT2D eigenvalue weighted by Gasteiger charge is 2.20. The van der Waals surface area contributed by atoms with E-state index >= 15 is 0 Å². The maximum atomic E-state index is 12.8. The van der Waals surface area contributed by atoms with Crippen LogP contribution in [-0.2, 0) is 9.47 Å². The Bertz CT molecular complexity index is 748. The van der Waals surface area contributed by atoms with E-state index in [1.54, 1.807) is 50.6 Å². The van der Waals surface area contributed by atoms with Crippen molar-refractivity contribution in [1.29, 1.82) is 0 Å². The summed E-state index contributed by atoms with van der Waals surface area (Å²) in [6.07, 6.45) is 1.50. The highest BCUT2D eigenvalue weighted by Crippen LogP contribution is 2.22. The van der Waals surface area contributed by atoms with Crippen molar-refractivity contribution in [2.45, 2.75) is 0 Å². The number of ether oxygens (including phenoxy) is 3. The summed E-state index contributed by atoms with van der Waals surface area (Å²) >= 11 is 0. The monoisotopic (exact) mass is 344 g/mol. The summed E-state index contributed by atoms with van der Waals surface area (Å²) in [5.41, 5.74) is 1.16.